The summed E-state index contributed by atoms with van der Waals surface area (Å²) in [6.07, 6.45) is 1.68. The summed E-state index contributed by atoms with van der Waals surface area (Å²) in [5.74, 6) is -0.600. The van der Waals surface area contributed by atoms with Crippen LogP contribution in [0.2, 0.25) is 0 Å². The van der Waals surface area contributed by atoms with Crippen LogP contribution in [0.5, 0.6) is 0 Å². The molecule has 0 aliphatic carbocycles. The number of hydrogen-bond acceptors (Lipinski definition) is 3. The molecule has 1 atom stereocenters. The number of halogens is 1. The van der Waals surface area contributed by atoms with Crippen LogP contribution >= 0.6 is 0 Å². The van der Waals surface area contributed by atoms with Gasteiger partial charge in [0.1, 0.15) is 6.54 Å². The molecule has 4 nitrogen and oxygen atoms in total. The average molecular weight is 617 g/mol. The van der Waals surface area contributed by atoms with Crippen LogP contribution in [0.15, 0.2) is 60.7 Å². The molecule has 0 amide bonds. The van der Waals surface area contributed by atoms with Gasteiger partial charge in [-0.15, -0.1) is 0 Å². The van der Waals surface area contributed by atoms with E-state index in [-0.39, 0.29) is 45.5 Å². The molecule has 1 aliphatic heterocycles. The van der Waals surface area contributed by atoms with Crippen LogP contribution in [0.25, 0.3) is 0 Å². The molecule has 6 heteroatoms. The van der Waals surface area contributed by atoms with E-state index in [1.807, 2.05) is 36.4 Å². The molecule has 1 aliphatic rings. The maximum absolute atomic E-state index is 13.1. The van der Waals surface area contributed by atoms with Gasteiger partial charge in [0.2, 0.25) is 5.60 Å². The molecule has 0 bridgehead atoms. The fourth-order valence-electron chi connectivity index (χ4n) is 3.57. The maximum Gasteiger partial charge on any atom is 1.00 e. The van der Waals surface area contributed by atoms with Crippen molar-refractivity contribution in [1.29, 1.82) is 0 Å². The molecular weight excluding hydrogens is 591 g/mol. The van der Waals surface area contributed by atoms with E-state index in [0.29, 0.717) is 11.1 Å². The number of aliphatic hydroxyl groups is 1. The van der Waals surface area contributed by atoms with E-state index in [9.17, 15) is 9.90 Å². The van der Waals surface area contributed by atoms with E-state index >= 15 is 0 Å². The average Bonchev–Trinajstić information content (AvgIpc) is 2.61. The van der Waals surface area contributed by atoms with Crippen molar-refractivity contribution in [2.75, 3.05) is 27.2 Å². The first-order chi connectivity index (χ1) is 11.9. The number of rotatable bonds is 4. The topological polar surface area (TPSA) is 46.5 Å². The first-order valence-electron chi connectivity index (χ1n) is 8.78. The SMILES string of the molecule is C[N+]1(C)CCCC(OC(=O)C(O)(c2ccccc2)c2ccccc2)C1.[Au+].[Br-]. The van der Waals surface area contributed by atoms with Crippen molar-refractivity contribution in [1.82, 2.24) is 0 Å². The van der Waals surface area contributed by atoms with E-state index in [1.54, 1.807) is 24.3 Å². The van der Waals surface area contributed by atoms with E-state index in [0.717, 1.165) is 30.4 Å². The number of quaternary nitrogens is 1. The number of esters is 1. The monoisotopic (exact) mass is 616 g/mol. The van der Waals surface area contributed by atoms with Crippen molar-refractivity contribution in [2.24, 2.45) is 0 Å². The predicted molar refractivity (Wildman–Crippen MR) is 96.8 cm³/mol. The normalized spacial score (nSPS) is 18.6. The Morgan fingerprint density at radius 1 is 1.04 bits per heavy atom. The number of likely N-dealkylation sites (N-methyl/N-ethyl adjacent to an activating group) is 1. The molecule has 1 saturated heterocycles. The zero-order valence-electron chi connectivity index (χ0n) is 15.6. The van der Waals surface area contributed by atoms with Crippen molar-refractivity contribution in [2.45, 2.75) is 24.5 Å². The Morgan fingerprint density at radius 2 is 1.52 bits per heavy atom. The summed E-state index contributed by atoms with van der Waals surface area (Å²) in [4.78, 5) is 13.1. The van der Waals surface area contributed by atoms with Gasteiger partial charge in [0.05, 0.1) is 20.6 Å². The zero-order chi connectivity index (χ0) is 17.9. The molecular formula is C21H26AuBrNO3+. The first kappa shape index (κ1) is 24.1. The minimum Gasteiger partial charge on any atom is -1.00 e. The molecule has 0 saturated carbocycles. The Balaban J connectivity index is 0.00000182. The number of hydrogen-bond donors (Lipinski definition) is 1. The predicted octanol–water partition coefficient (Wildman–Crippen LogP) is -0.294. The van der Waals surface area contributed by atoms with Crippen LogP contribution in [0, 0.1) is 0 Å². The van der Waals surface area contributed by atoms with Gasteiger partial charge in [0, 0.05) is 6.42 Å². The minimum atomic E-state index is -1.79. The standard InChI is InChI=1S/C21H26NO3.Au.BrH/c1-22(2)15-9-14-19(16-22)25-20(23)21(24,17-10-5-3-6-11-17)18-12-7-4-8-13-18;;/h3-8,10-13,19,24H,9,14-16H2,1-2H3;;1H/q2*+1;/p-1. The minimum absolute atomic E-state index is 0. The largest absolute Gasteiger partial charge is 1.00 e. The van der Waals surface area contributed by atoms with Gasteiger partial charge in [-0.1, -0.05) is 60.7 Å². The van der Waals surface area contributed by atoms with E-state index in [4.69, 9.17) is 4.74 Å². The zero-order valence-corrected chi connectivity index (χ0v) is 19.3. The van der Waals surface area contributed by atoms with E-state index in [2.05, 4.69) is 14.1 Å². The summed E-state index contributed by atoms with van der Waals surface area (Å²) in [5, 5.41) is 11.4. The maximum atomic E-state index is 13.1. The van der Waals surface area contributed by atoms with E-state index in [1.165, 1.54) is 0 Å². The molecule has 0 radical (unpaired) electrons. The second-order valence-electron chi connectivity index (χ2n) is 7.45. The number of ether oxygens (including phenoxy) is 1. The Morgan fingerprint density at radius 3 is 1.96 bits per heavy atom. The molecule has 3 rings (SSSR count). The molecule has 2 aromatic carbocycles. The first-order valence-corrected chi connectivity index (χ1v) is 8.78. The van der Waals surface area contributed by atoms with Crippen LogP contribution in [-0.4, -0.2) is 48.8 Å². The molecule has 27 heavy (non-hydrogen) atoms. The van der Waals surface area contributed by atoms with E-state index < -0.39 is 11.6 Å². The van der Waals surface area contributed by atoms with Gasteiger partial charge in [-0.2, -0.15) is 0 Å². The summed E-state index contributed by atoms with van der Waals surface area (Å²) in [6, 6.07) is 18.0. The summed E-state index contributed by atoms with van der Waals surface area (Å²) in [6.45, 7) is 1.85. The Hall–Kier alpha value is -0.950. The number of carbonyl (C=O) groups is 1. The van der Waals surface area contributed by atoms with Gasteiger partial charge in [-0.05, 0) is 17.5 Å². The summed E-state index contributed by atoms with van der Waals surface area (Å²) in [5.41, 5.74) is -0.747. The fourth-order valence-corrected chi connectivity index (χ4v) is 3.57. The molecule has 1 heterocycles. The molecule has 0 aromatic heterocycles. The van der Waals surface area contributed by atoms with Gasteiger partial charge in [0.15, 0.2) is 6.10 Å². The quantitative estimate of drug-likeness (QED) is 0.292. The van der Waals surface area contributed by atoms with Crippen LogP contribution < -0.4 is 17.0 Å². The van der Waals surface area contributed by atoms with Crippen molar-refractivity contribution >= 4 is 5.97 Å². The number of likely N-dealkylation sites (tertiary alicyclic amines) is 1. The number of piperidine rings is 1. The van der Waals surface area contributed by atoms with Gasteiger partial charge < -0.3 is 31.3 Å². The van der Waals surface area contributed by atoms with Gasteiger partial charge in [-0.25, -0.2) is 4.79 Å². The Labute approximate surface area is 187 Å². The molecule has 0 spiro atoms. The Kier molecular flexibility index (Phi) is 8.93. The summed E-state index contributed by atoms with van der Waals surface area (Å²) >= 11 is 0. The summed E-state index contributed by atoms with van der Waals surface area (Å²) < 4.78 is 6.62. The smallest absolute Gasteiger partial charge is 1.00 e. The Bertz CT molecular complexity index is 685. The van der Waals surface area contributed by atoms with Crippen molar-refractivity contribution in [3.8, 4) is 0 Å². The van der Waals surface area contributed by atoms with Crippen LogP contribution in [0.3, 0.4) is 0 Å². The third kappa shape index (κ3) is 5.53. The van der Waals surface area contributed by atoms with Gasteiger partial charge in [-0.3, -0.25) is 0 Å². The third-order valence-electron chi connectivity index (χ3n) is 4.94. The van der Waals surface area contributed by atoms with Crippen LogP contribution in [0.4, 0.5) is 0 Å². The van der Waals surface area contributed by atoms with Crippen LogP contribution in [-0.2, 0) is 37.5 Å². The fraction of sp³-hybridized carbons (Fsp3) is 0.381. The van der Waals surface area contributed by atoms with Crippen molar-refractivity contribution < 1.29 is 58.5 Å². The number of carbonyl (C=O) groups excluding carboxylic acids is 1. The molecule has 1 unspecified atom stereocenters. The number of benzene rings is 2. The second-order valence-corrected chi connectivity index (χ2v) is 7.45. The molecule has 1 N–H and O–H groups in total. The number of nitrogens with zero attached hydrogens (tertiary/aromatic N) is 1. The second kappa shape index (κ2) is 10.0. The third-order valence-corrected chi connectivity index (χ3v) is 4.94. The summed E-state index contributed by atoms with van der Waals surface area (Å²) in [7, 11) is 4.28. The van der Waals surface area contributed by atoms with Gasteiger partial charge in [0.25, 0.3) is 0 Å². The van der Waals surface area contributed by atoms with Crippen molar-refractivity contribution in [3.05, 3.63) is 71.8 Å². The van der Waals surface area contributed by atoms with Crippen molar-refractivity contribution in [3.63, 3.8) is 0 Å². The molecule has 150 valence electrons. The molecule has 1 fully saturated rings. The van der Waals surface area contributed by atoms with Gasteiger partial charge >= 0.3 is 28.3 Å². The van der Waals surface area contributed by atoms with Crippen LogP contribution in [0.1, 0.15) is 24.0 Å². The molecule has 2 aromatic rings.